The molecule has 0 amide bonds. The smallest absolute Gasteiger partial charge is 0.0710 e. The van der Waals surface area contributed by atoms with E-state index in [0.29, 0.717) is 12.1 Å². The van der Waals surface area contributed by atoms with Gasteiger partial charge in [-0.05, 0) is 33.6 Å². The van der Waals surface area contributed by atoms with Crippen LogP contribution in [0.3, 0.4) is 0 Å². The minimum absolute atomic E-state index is 0.115. The van der Waals surface area contributed by atoms with E-state index in [9.17, 15) is 0 Å². The molecule has 0 aromatic carbocycles. The lowest BCUT2D eigenvalue weighted by molar-refractivity contribution is -0.0310. The molecule has 2 aliphatic rings. The highest BCUT2D eigenvalue weighted by Crippen LogP contribution is 2.29. The van der Waals surface area contributed by atoms with Gasteiger partial charge in [-0.15, -0.1) is 0 Å². The van der Waals surface area contributed by atoms with Gasteiger partial charge in [-0.25, -0.2) is 0 Å². The summed E-state index contributed by atoms with van der Waals surface area (Å²) in [7, 11) is 0. The number of piperazine rings is 1. The van der Waals surface area contributed by atoms with Gasteiger partial charge in [-0.1, -0.05) is 0 Å². The molecule has 0 aromatic rings. The second-order valence-corrected chi connectivity index (χ2v) is 5.65. The molecule has 0 spiro atoms. The van der Waals surface area contributed by atoms with Crippen LogP contribution in [0, 0.1) is 0 Å². The van der Waals surface area contributed by atoms with Crippen LogP contribution in [-0.4, -0.2) is 48.8 Å². The Kier molecular flexibility index (Phi) is 3.33. The molecular formula is C12H24N2O. The van der Waals surface area contributed by atoms with Gasteiger partial charge in [0.15, 0.2) is 0 Å². The molecule has 1 N–H and O–H groups in total. The molecule has 0 aromatic heterocycles. The first-order chi connectivity index (χ1) is 7.05. The van der Waals surface area contributed by atoms with E-state index in [0.717, 1.165) is 13.1 Å². The molecule has 0 aliphatic carbocycles. The summed E-state index contributed by atoms with van der Waals surface area (Å²) >= 11 is 0. The summed E-state index contributed by atoms with van der Waals surface area (Å²) in [4.78, 5) is 2.53. The predicted molar refractivity (Wildman–Crippen MR) is 62.1 cm³/mol. The van der Waals surface area contributed by atoms with Gasteiger partial charge in [0.1, 0.15) is 0 Å². The van der Waals surface area contributed by atoms with Gasteiger partial charge < -0.3 is 10.1 Å². The Balaban J connectivity index is 1.77. The highest BCUT2D eigenvalue weighted by atomic mass is 16.5. The van der Waals surface area contributed by atoms with Crippen molar-refractivity contribution < 1.29 is 4.74 Å². The van der Waals surface area contributed by atoms with Gasteiger partial charge in [0.2, 0.25) is 0 Å². The molecule has 2 aliphatic heterocycles. The SMILES string of the molecule is C[C@H]1CN(CC2CCC(C)(C)O2)CCN1. The molecule has 88 valence electrons. The van der Waals surface area contributed by atoms with Crippen LogP contribution in [0.25, 0.3) is 0 Å². The standard InChI is InChI=1S/C12H24N2O/c1-10-8-14(7-6-13-10)9-11-4-5-12(2,3)15-11/h10-11,13H,4-9H2,1-3H3/t10-,11?/m0/s1. The highest BCUT2D eigenvalue weighted by Gasteiger charge is 2.33. The molecule has 2 fully saturated rings. The fraction of sp³-hybridized carbons (Fsp3) is 1.00. The van der Waals surface area contributed by atoms with Gasteiger partial charge in [0.05, 0.1) is 11.7 Å². The van der Waals surface area contributed by atoms with Crippen LogP contribution >= 0.6 is 0 Å². The molecular weight excluding hydrogens is 188 g/mol. The average molecular weight is 212 g/mol. The maximum Gasteiger partial charge on any atom is 0.0710 e. The molecule has 2 atom stereocenters. The number of hydrogen-bond donors (Lipinski definition) is 1. The Bertz CT molecular complexity index is 218. The highest BCUT2D eigenvalue weighted by molar-refractivity contribution is 4.84. The van der Waals surface area contributed by atoms with Crippen LogP contribution < -0.4 is 5.32 Å². The number of hydrogen-bond acceptors (Lipinski definition) is 3. The van der Waals surface area contributed by atoms with Crippen molar-refractivity contribution in [2.24, 2.45) is 0 Å². The molecule has 3 nitrogen and oxygen atoms in total. The van der Waals surface area contributed by atoms with Crippen LogP contribution in [0.1, 0.15) is 33.6 Å². The molecule has 3 heteroatoms. The van der Waals surface area contributed by atoms with Crippen molar-refractivity contribution in [2.45, 2.75) is 51.4 Å². The van der Waals surface area contributed by atoms with Crippen molar-refractivity contribution in [1.82, 2.24) is 10.2 Å². The van der Waals surface area contributed by atoms with E-state index in [1.165, 1.54) is 25.9 Å². The van der Waals surface area contributed by atoms with Crippen LogP contribution in [0.15, 0.2) is 0 Å². The van der Waals surface area contributed by atoms with Gasteiger partial charge in [-0.3, -0.25) is 4.90 Å². The third kappa shape index (κ3) is 3.16. The Morgan fingerprint density at radius 3 is 2.87 bits per heavy atom. The maximum atomic E-state index is 6.02. The Morgan fingerprint density at radius 1 is 1.47 bits per heavy atom. The normalized spacial score (nSPS) is 37.0. The molecule has 0 saturated carbocycles. The minimum Gasteiger partial charge on any atom is -0.371 e. The summed E-state index contributed by atoms with van der Waals surface area (Å²) in [5.74, 6) is 0. The molecule has 0 bridgehead atoms. The molecule has 2 rings (SSSR count). The summed E-state index contributed by atoms with van der Waals surface area (Å²) in [5.41, 5.74) is 0.115. The van der Waals surface area contributed by atoms with Crippen molar-refractivity contribution in [1.29, 1.82) is 0 Å². The van der Waals surface area contributed by atoms with E-state index in [2.05, 4.69) is 31.0 Å². The average Bonchev–Trinajstić information content (AvgIpc) is 2.45. The van der Waals surface area contributed by atoms with Crippen LogP contribution in [-0.2, 0) is 4.74 Å². The van der Waals surface area contributed by atoms with Crippen molar-refractivity contribution >= 4 is 0 Å². The predicted octanol–water partition coefficient (Wildman–Crippen LogP) is 1.24. The number of ether oxygens (including phenoxy) is 1. The minimum atomic E-state index is 0.115. The molecule has 15 heavy (non-hydrogen) atoms. The largest absolute Gasteiger partial charge is 0.371 e. The van der Waals surface area contributed by atoms with Gasteiger partial charge in [-0.2, -0.15) is 0 Å². The topological polar surface area (TPSA) is 24.5 Å². The van der Waals surface area contributed by atoms with Crippen LogP contribution in [0.5, 0.6) is 0 Å². The quantitative estimate of drug-likeness (QED) is 0.745. The van der Waals surface area contributed by atoms with E-state index in [4.69, 9.17) is 4.74 Å². The monoisotopic (exact) mass is 212 g/mol. The third-order valence-electron chi connectivity index (χ3n) is 3.47. The summed E-state index contributed by atoms with van der Waals surface area (Å²) in [6, 6.07) is 0.633. The van der Waals surface area contributed by atoms with Crippen LogP contribution in [0.2, 0.25) is 0 Å². The van der Waals surface area contributed by atoms with Gasteiger partial charge in [0, 0.05) is 32.2 Å². The van der Waals surface area contributed by atoms with Crippen LogP contribution in [0.4, 0.5) is 0 Å². The first-order valence-corrected chi connectivity index (χ1v) is 6.19. The lowest BCUT2D eigenvalue weighted by Crippen LogP contribution is -2.51. The number of nitrogens with zero attached hydrogens (tertiary/aromatic N) is 1. The van der Waals surface area contributed by atoms with E-state index < -0.39 is 0 Å². The van der Waals surface area contributed by atoms with E-state index >= 15 is 0 Å². The van der Waals surface area contributed by atoms with Crippen molar-refractivity contribution in [3.8, 4) is 0 Å². The second-order valence-electron chi connectivity index (χ2n) is 5.65. The first kappa shape index (κ1) is 11.4. The summed E-state index contributed by atoms with van der Waals surface area (Å²) < 4.78 is 6.02. The van der Waals surface area contributed by atoms with E-state index in [-0.39, 0.29) is 5.60 Å². The molecule has 0 radical (unpaired) electrons. The number of nitrogens with one attached hydrogen (secondary N) is 1. The first-order valence-electron chi connectivity index (χ1n) is 6.19. The summed E-state index contributed by atoms with van der Waals surface area (Å²) in [6.45, 7) is 11.2. The zero-order valence-corrected chi connectivity index (χ0v) is 10.3. The van der Waals surface area contributed by atoms with Crippen molar-refractivity contribution in [3.63, 3.8) is 0 Å². The Hall–Kier alpha value is -0.120. The number of rotatable bonds is 2. The van der Waals surface area contributed by atoms with Crippen molar-refractivity contribution in [3.05, 3.63) is 0 Å². The lowest BCUT2D eigenvalue weighted by Gasteiger charge is -2.33. The molecule has 1 unspecified atom stereocenters. The fourth-order valence-corrected chi connectivity index (χ4v) is 2.67. The zero-order valence-electron chi connectivity index (χ0n) is 10.3. The Labute approximate surface area is 93.2 Å². The molecule has 2 saturated heterocycles. The Morgan fingerprint density at radius 2 is 2.27 bits per heavy atom. The van der Waals surface area contributed by atoms with E-state index in [1.807, 2.05) is 0 Å². The fourth-order valence-electron chi connectivity index (χ4n) is 2.67. The lowest BCUT2D eigenvalue weighted by atomic mass is 10.1. The molecule has 2 heterocycles. The van der Waals surface area contributed by atoms with Crippen molar-refractivity contribution in [2.75, 3.05) is 26.2 Å². The van der Waals surface area contributed by atoms with E-state index in [1.54, 1.807) is 0 Å². The van der Waals surface area contributed by atoms with Gasteiger partial charge in [0.25, 0.3) is 0 Å². The third-order valence-corrected chi connectivity index (χ3v) is 3.47. The second kappa shape index (κ2) is 4.40. The zero-order chi connectivity index (χ0) is 10.9. The summed E-state index contributed by atoms with van der Waals surface area (Å²) in [6.07, 6.45) is 2.90. The summed E-state index contributed by atoms with van der Waals surface area (Å²) in [5, 5.41) is 3.47. The van der Waals surface area contributed by atoms with Gasteiger partial charge >= 0.3 is 0 Å². The maximum absolute atomic E-state index is 6.02.